The summed E-state index contributed by atoms with van der Waals surface area (Å²) in [5, 5.41) is 0.774. The Labute approximate surface area is 127 Å². The van der Waals surface area contributed by atoms with Gasteiger partial charge in [-0.2, -0.15) is 0 Å². The van der Waals surface area contributed by atoms with E-state index in [1.807, 2.05) is 6.07 Å². The molecule has 5 nitrogen and oxygen atoms in total. The Morgan fingerprint density at radius 2 is 2.00 bits per heavy atom. The Hall–Kier alpha value is -1.05. The van der Waals surface area contributed by atoms with E-state index in [4.69, 9.17) is 9.47 Å². The Morgan fingerprint density at radius 3 is 2.75 bits per heavy atom. The highest BCUT2D eigenvalue weighted by Gasteiger charge is 2.12. The second-order valence-electron chi connectivity index (χ2n) is 5.68. The van der Waals surface area contributed by atoms with Crippen LogP contribution in [0, 0.1) is 0 Å². The molecule has 0 spiro atoms. The zero-order chi connectivity index (χ0) is 14.6. The fraction of sp³-hybridized carbons (Fsp3) is 0.462. The van der Waals surface area contributed by atoms with E-state index in [9.17, 15) is 0 Å². The van der Waals surface area contributed by atoms with Crippen molar-refractivity contribution in [2.75, 3.05) is 13.4 Å². The fourth-order valence-corrected chi connectivity index (χ4v) is 2.64. The van der Waals surface area contributed by atoms with Crippen molar-refractivity contribution in [3.8, 4) is 5.88 Å². The van der Waals surface area contributed by atoms with E-state index in [1.165, 1.54) is 6.33 Å². The second kappa shape index (κ2) is 6.60. The van der Waals surface area contributed by atoms with E-state index < -0.39 is 8.07 Å². The summed E-state index contributed by atoms with van der Waals surface area (Å²) in [6.45, 7) is 7.87. The van der Waals surface area contributed by atoms with Crippen molar-refractivity contribution in [2.45, 2.75) is 25.7 Å². The molecule has 0 aliphatic carbocycles. The minimum atomic E-state index is -1.06. The van der Waals surface area contributed by atoms with Crippen molar-refractivity contribution in [3.63, 3.8) is 0 Å². The van der Waals surface area contributed by atoms with Crippen LogP contribution in [0.5, 0.6) is 5.88 Å². The van der Waals surface area contributed by atoms with Crippen molar-refractivity contribution in [1.29, 1.82) is 0 Å². The maximum absolute atomic E-state index is 5.57. The molecule has 0 saturated carbocycles. The van der Waals surface area contributed by atoms with Gasteiger partial charge in [0.15, 0.2) is 12.4 Å². The summed E-state index contributed by atoms with van der Waals surface area (Å²) in [6.07, 6.45) is 3.14. The summed E-state index contributed by atoms with van der Waals surface area (Å²) in [6, 6.07) is 3.01. The second-order valence-corrected chi connectivity index (χ2v) is 12.2. The molecule has 2 rings (SSSR count). The molecular weight excluding hydrogens is 338 g/mol. The predicted octanol–water partition coefficient (Wildman–Crippen LogP) is 3.48. The van der Waals surface area contributed by atoms with Gasteiger partial charge in [0.05, 0.1) is 5.39 Å². The number of hydrogen-bond donors (Lipinski definition) is 0. The van der Waals surface area contributed by atoms with E-state index in [2.05, 4.69) is 50.5 Å². The number of nitrogens with zero attached hydrogens (tertiary/aromatic N) is 3. The van der Waals surface area contributed by atoms with Gasteiger partial charge in [0, 0.05) is 25.4 Å². The van der Waals surface area contributed by atoms with Gasteiger partial charge in [-0.1, -0.05) is 19.6 Å². The molecule has 0 fully saturated rings. The summed E-state index contributed by atoms with van der Waals surface area (Å²) >= 11 is 3.38. The van der Waals surface area contributed by atoms with Gasteiger partial charge < -0.3 is 9.47 Å². The molecule has 20 heavy (non-hydrogen) atoms. The summed E-state index contributed by atoms with van der Waals surface area (Å²) in [4.78, 5) is 12.4. The minimum absolute atomic E-state index is 0.198. The molecule has 0 aliphatic rings. The van der Waals surface area contributed by atoms with Crippen molar-refractivity contribution < 1.29 is 9.47 Å². The fourth-order valence-electron chi connectivity index (χ4n) is 1.55. The van der Waals surface area contributed by atoms with Crippen LogP contribution < -0.4 is 4.74 Å². The molecule has 2 aromatic rings. The number of ether oxygens (including phenoxy) is 2. The van der Waals surface area contributed by atoms with Crippen LogP contribution in [0.1, 0.15) is 0 Å². The van der Waals surface area contributed by atoms with Crippen molar-refractivity contribution in [1.82, 2.24) is 15.0 Å². The molecule has 0 N–H and O–H groups in total. The van der Waals surface area contributed by atoms with Crippen LogP contribution in [0.15, 0.2) is 23.1 Å². The third-order valence-corrected chi connectivity index (χ3v) is 4.83. The highest BCUT2D eigenvalue weighted by atomic mass is 79.9. The lowest BCUT2D eigenvalue weighted by molar-refractivity contribution is 0.0203. The van der Waals surface area contributed by atoms with Crippen LogP contribution in [0.2, 0.25) is 25.7 Å². The predicted molar refractivity (Wildman–Crippen MR) is 84.6 cm³/mol. The van der Waals surface area contributed by atoms with Crippen molar-refractivity contribution in [2.24, 2.45) is 0 Å². The molecule has 7 heteroatoms. The van der Waals surface area contributed by atoms with Gasteiger partial charge in [0.25, 0.3) is 0 Å². The first kappa shape index (κ1) is 15.3. The summed E-state index contributed by atoms with van der Waals surface area (Å²) in [7, 11) is -1.06. The Kier molecular flexibility index (Phi) is 5.06. The van der Waals surface area contributed by atoms with Gasteiger partial charge in [-0.25, -0.2) is 15.0 Å². The monoisotopic (exact) mass is 355 g/mol. The topological polar surface area (TPSA) is 57.1 Å². The van der Waals surface area contributed by atoms with E-state index in [-0.39, 0.29) is 6.79 Å². The molecule has 0 radical (unpaired) electrons. The molecular formula is C13H18BrN3O2Si. The van der Waals surface area contributed by atoms with E-state index in [0.717, 1.165) is 22.5 Å². The number of rotatable bonds is 6. The molecule has 0 aliphatic heterocycles. The van der Waals surface area contributed by atoms with Gasteiger partial charge in [0.1, 0.15) is 6.33 Å². The minimum Gasteiger partial charge on any atom is -0.450 e. The average molecular weight is 356 g/mol. The van der Waals surface area contributed by atoms with Gasteiger partial charge in [-0.05, 0) is 28.0 Å². The third-order valence-electron chi connectivity index (χ3n) is 2.69. The van der Waals surface area contributed by atoms with Crippen LogP contribution in [0.4, 0.5) is 0 Å². The van der Waals surface area contributed by atoms with Crippen molar-refractivity contribution in [3.05, 3.63) is 23.1 Å². The van der Waals surface area contributed by atoms with E-state index in [1.54, 1.807) is 6.20 Å². The van der Waals surface area contributed by atoms with Crippen LogP contribution in [-0.2, 0) is 4.74 Å². The summed E-state index contributed by atoms with van der Waals surface area (Å²) in [5.74, 6) is 0.497. The normalized spacial score (nSPS) is 11.8. The summed E-state index contributed by atoms with van der Waals surface area (Å²) in [5.41, 5.74) is 0.611. The summed E-state index contributed by atoms with van der Waals surface area (Å²) < 4.78 is 11.9. The maximum atomic E-state index is 5.57. The number of aromatic nitrogens is 3. The molecule has 0 bridgehead atoms. The van der Waals surface area contributed by atoms with Crippen LogP contribution >= 0.6 is 15.9 Å². The highest BCUT2D eigenvalue weighted by molar-refractivity contribution is 9.10. The Bertz CT molecular complexity index is 589. The molecule has 0 saturated heterocycles. The van der Waals surface area contributed by atoms with Crippen LogP contribution in [0.3, 0.4) is 0 Å². The lowest BCUT2D eigenvalue weighted by Crippen LogP contribution is -2.22. The largest absolute Gasteiger partial charge is 0.450 e. The molecule has 2 heterocycles. The van der Waals surface area contributed by atoms with E-state index >= 15 is 0 Å². The van der Waals surface area contributed by atoms with Gasteiger partial charge in [0.2, 0.25) is 5.88 Å². The number of fused-ring (bicyclic) bond motifs is 1. The number of hydrogen-bond acceptors (Lipinski definition) is 5. The quantitative estimate of drug-likeness (QED) is 0.451. The zero-order valence-corrected chi connectivity index (χ0v) is 14.5. The van der Waals surface area contributed by atoms with Gasteiger partial charge in [-0.3, -0.25) is 0 Å². The van der Waals surface area contributed by atoms with Gasteiger partial charge in [-0.15, -0.1) is 0 Å². The molecule has 0 amide bonds. The molecule has 2 aromatic heterocycles. The highest BCUT2D eigenvalue weighted by Crippen LogP contribution is 2.23. The standard InChI is InChI=1S/C13H18BrN3O2Si/c1-20(2,3)5-4-18-9-19-13-11-6-10(14)7-15-12(11)16-8-17-13/h6-8H,4-5,9H2,1-3H3. The maximum Gasteiger partial charge on any atom is 0.228 e. The lowest BCUT2D eigenvalue weighted by atomic mass is 10.3. The molecule has 108 valence electrons. The third kappa shape index (κ3) is 4.50. The SMILES string of the molecule is C[Si](C)(C)CCOCOc1ncnc2ncc(Br)cc12. The Balaban J connectivity index is 1.95. The molecule has 0 unspecified atom stereocenters. The lowest BCUT2D eigenvalue weighted by Gasteiger charge is -2.15. The number of halogens is 1. The van der Waals surface area contributed by atoms with E-state index in [0.29, 0.717) is 11.5 Å². The van der Waals surface area contributed by atoms with Crippen LogP contribution in [-0.4, -0.2) is 36.4 Å². The van der Waals surface area contributed by atoms with Crippen LogP contribution in [0.25, 0.3) is 11.0 Å². The molecule has 0 aromatic carbocycles. The van der Waals surface area contributed by atoms with Crippen molar-refractivity contribution >= 4 is 35.0 Å². The Morgan fingerprint density at radius 1 is 1.20 bits per heavy atom. The first-order chi connectivity index (χ1) is 9.46. The first-order valence-electron chi connectivity index (χ1n) is 6.42. The van der Waals surface area contributed by atoms with Gasteiger partial charge >= 0.3 is 0 Å². The zero-order valence-electron chi connectivity index (χ0n) is 11.9. The smallest absolute Gasteiger partial charge is 0.228 e. The first-order valence-corrected chi connectivity index (χ1v) is 10.9. The number of pyridine rings is 1. The molecule has 0 atom stereocenters. The average Bonchev–Trinajstić information content (AvgIpc) is 2.37.